The van der Waals surface area contributed by atoms with Crippen LogP contribution in [0, 0.1) is 5.92 Å². The van der Waals surface area contributed by atoms with Crippen LogP contribution in [-0.4, -0.2) is 53.4 Å². The molecule has 1 atom stereocenters. The zero-order valence-electron chi connectivity index (χ0n) is 11.5. The number of hydrogen-bond acceptors (Lipinski definition) is 5. The van der Waals surface area contributed by atoms with Gasteiger partial charge in [-0.15, -0.1) is 10.2 Å². The molecule has 10 heteroatoms. The highest BCUT2D eigenvalue weighted by Crippen LogP contribution is 2.23. The summed E-state index contributed by atoms with van der Waals surface area (Å²) in [5, 5.41) is 10.3. The molecule has 1 saturated heterocycles. The number of aromatic nitrogens is 2. The molecule has 0 aromatic carbocycles. The van der Waals surface area contributed by atoms with Crippen LogP contribution in [0.4, 0.5) is 19.0 Å². The average molecular weight is 338 g/mol. The Hall–Kier alpha value is -1.61. The molecule has 3 N–H and O–H groups in total. The topological polar surface area (TPSA) is 84.1 Å². The van der Waals surface area contributed by atoms with E-state index in [-0.39, 0.29) is 22.5 Å². The molecule has 1 amide bonds. The molecule has 1 unspecified atom stereocenters. The van der Waals surface area contributed by atoms with Crippen molar-refractivity contribution in [3.8, 4) is 0 Å². The van der Waals surface area contributed by atoms with Gasteiger partial charge in [-0.1, -0.05) is 11.6 Å². The Morgan fingerprint density at radius 1 is 1.50 bits per heavy atom. The van der Waals surface area contributed by atoms with Crippen molar-refractivity contribution in [3.63, 3.8) is 0 Å². The number of likely N-dealkylation sites (tertiary alicyclic amines) is 1. The van der Waals surface area contributed by atoms with E-state index in [1.165, 1.54) is 11.0 Å². The molecule has 1 aliphatic heterocycles. The van der Waals surface area contributed by atoms with Gasteiger partial charge in [0.2, 0.25) is 0 Å². The molecule has 6 nitrogen and oxygen atoms in total. The number of hydrogen-bond donors (Lipinski definition) is 2. The van der Waals surface area contributed by atoms with Gasteiger partial charge in [-0.2, -0.15) is 13.2 Å². The van der Waals surface area contributed by atoms with Gasteiger partial charge in [0.25, 0.3) is 5.91 Å². The quantitative estimate of drug-likeness (QED) is 0.851. The minimum atomic E-state index is -4.19. The van der Waals surface area contributed by atoms with Gasteiger partial charge in [-0.3, -0.25) is 9.69 Å². The van der Waals surface area contributed by atoms with Crippen molar-refractivity contribution in [2.24, 2.45) is 11.7 Å². The molecule has 2 heterocycles. The second kappa shape index (κ2) is 6.66. The van der Waals surface area contributed by atoms with E-state index in [1.54, 1.807) is 0 Å². The molecular weight excluding hydrogens is 323 g/mol. The number of nitrogens with zero attached hydrogens (tertiary/aromatic N) is 3. The molecule has 0 aliphatic carbocycles. The third kappa shape index (κ3) is 4.70. The van der Waals surface area contributed by atoms with E-state index < -0.39 is 18.6 Å². The van der Waals surface area contributed by atoms with Crippen molar-refractivity contribution in [2.75, 3.05) is 31.5 Å². The fourth-order valence-electron chi connectivity index (χ4n) is 2.40. The first-order valence-electron chi connectivity index (χ1n) is 6.60. The molecule has 1 aliphatic rings. The Bertz CT molecular complexity index is 554. The number of carbonyl (C=O) groups excluding carboxylic acids is 1. The van der Waals surface area contributed by atoms with Crippen molar-refractivity contribution in [3.05, 3.63) is 16.8 Å². The van der Waals surface area contributed by atoms with Gasteiger partial charge in [0.15, 0.2) is 11.0 Å². The van der Waals surface area contributed by atoms with Crippen LogP contribution in [0.2, 0.25) is 5.15 Å². The summed E-state index contributed by atoms with van der Waals surface area (Å²) in [4.78, 5) is 12.7. The van der Waals surface area contributed by atoms with E-state index in [0.717, 1.165) is 0 Å². The van der Waals surface area contributed by atoms with E-state index in [2.05, 4.69) is 15.5 Å². The second-order valence-electron chi connectivity index (χ2n) is 5.18. The Labute approximate surface area is 129 Å². The molecule has 1 fully saturated rings. The molecule has 22 heavy (non-hydrogen) atoms. The van der Waals surface area contributed by atoms with Crippen LogP contribution in [0.3, 0.4) is 0 Å². The maximum absolute atomic E-state index is 12.3. The fraction of sp³-hybridized carbons (Fsp3) is 0.583. The highest BCUT2D eigenvalue weighted by Gasteiger charge is 2.34. The van der Waals surface area contributed by atoms with Crippen LogP contribution in [0.15, 0.2) is 6.07 Å². The lowest BCUT2D eigenvalue weighted by molar-refractivity contribution is -0.143. The molecule has 0 radical (unpaired) electrons. The zero-order valence-corrected chi connectivity index (χ0v) is 12.3. The fourth-order valence-corrected chi connectivity index (χ4v) is 2.55. The predicted octanol–water partition coefficient (Wildman–Crippen LogP) is 1.52. The lowest BCUT2D eigenvalue weighted by Crippen LogP contribution is -2.33. The summed E-state index contributed by atoms with van der Waals surface area (Å²) >= 11 is 5.65. The molecule has 1 aromatic rings. The third-order valence-electron chi connectivity index (χ3n) is 3.36. The van der Waals surface area contributed by atoms with Crippen LogP contribution < -0.4 is 11.1 Å². The van der Waals surface area contributed by atoms with Crippen LogP contribution in [0.1, 0.15) is 16.8 Å². The van der Waals surface area contributed by atoms with Crippen LogP contribution >= 0.6 is 11.6 Å². The monoisotopic (exact) mass is 337 g/mol. The van der Waals surface area contributed by atoms with Crippen molar-refractivity contribution >= 4 is 23.3 Å². The molecule has 2 rings (SSSR count). The van der Waals surface area contributed by atoms with Gasteiger partial charge in [-0.05, 0) is 24.9 Å². The summed E-state index contributed by atoms with van der Waals surface area (Å²) in [5.41, 5.74) is 5.32. The molecule has 0 spiro atoms. The number of rotatable bonds is 5. The highest BCUT2D eigenvalue weighted by atomic mass is 35.5. The smallest absolute Gasteiger partial charge is 0.368 e. The largest absolute Gasteiger partial charge is 0.401 e. The number of nitrogens with one attached hydrogen (secondary N) is 1. The Morgan fingerprint density at radius 3 is 2.86 bits per heavy atom. The standard InChI is InChI=1S/C12H15ClF3N5O/c13-9-3-8(10(17)22)11(20-19-9)18-4-7-1-2-21(5-7)6-12(14,15)16/h3,7H,1-2,4-6H2,(H2,17,22)(H,18,20). The number of anilines is 1. The predicted molar refractivity (Wildman–Crippen MR) is 74.7 cm³/mol. The number of alkyl halides is 3. The highest BCUT2D eigenvalue weighted by molar-refractivity contribution is 6.29. The molecule has 122 valence electrons. The van der Waals surface area contributed by atoms with Crippen molar-refractivity contribution < 1.29 is 18.0 Å². The Kier molecular flexibility index (Phi) is 5.07. The Balaban J connectivity index is 1.91. The first kappa shape index (κ1) is 16.8. The molecular formula is C12H15ClF3N5O. The lowest BCUT2D eigenvalue weighted by Gasteiger charge is -2.18. The summed E-state index contributed by atoms with van der Waals surface area (Å²) < 4.78 is 37.0. The van der Waals surface area contributed by atoms with Gasteiger partial charge in [0.1, 0.15) is 0 Å². The summed E-state index contributed by atoms with van der Waals surface area (Å²) in [7, 11) is 0. The normalized spacial score (nSPS) is 19.4. The van der Waals surface area contributed by atoms with E-state index >= 15 is 0 Å². The lowest BCUT2D eigenvalue weighted by atomic mass is 10.1. The first-order valence-corrected chi connectivity index (χ1v) is 6.98. The van der Waals surface area contributed by atoms with Crippen LogP contribution in [0.25, 0.3) is 0 Å². The summed E-state index contributed by atoms with van der Waals surface area (Å²) in [6.45, 7) is 0.196. The van der Waals surface area contributed by atoms with E-state index in [4.69, 9.17) is 17.3 Å². The van der Waals surface area contributed by atoms with Crippen molar-refractivity contribution in [1.29, 1.82) is 0 Å². The maximum Gasteiger partial charge on any atom is 0.401 e. The summed E-state index contributed by atoms with van der Waals surface area (Å²) in [5.74, 6) is -0.490. The SMILES string of the molecule is NC(=O)c1cc(Cl)nnc1NCC1CCN(CC(F)(F)F)C1. The molecule has 0 bridgehead atoms. The maximum atomic E-state index is 12.3. The van der Waals surface area contributed by atoms with Gasteiger partial charge < -0.3 is 11.1 Å². The van der Waals surface area contributed by atoms with Gasteiger partial charge in [0.05, 0.1) is 12.1 Å². The molecule has 1 aromatic heterocycles. The first-order chi connectivity index (χ1) is 10.2. The minimum absolute atomic E-state index is 0.0283. The Morgan fingerprint density at radius 2 is 2.23 bits per heavy atom. The molecule has 0 saturated carbocycles. The number of halogens is 4. The van der Waals surface area contributed by atoms with Gasteiger partial charge >= 0.3 is 6.18 Å². The third-order valence-corrected chi connectivity index (χ3v) is 3.55. The van der Waals surface area contributed by atoms with Crippen LogP contribution in [-0.2, 0) is 0 Å². The summed E-state index contributed by atoms with van der Waals surface area (Å²) in [6, 6.07) is 1.30. The van der Waals surface area contributed by atoms with E-state index in [1.807, 2.05) is 0 Å². The number of nitrogens with two attached hydrogens (primary N) is 1. The van der Waals surface area contributed by atoms with Gasteiger partial charge in [-0.25, -0.2) is 0 Å². The van der Waals surface area contributed by atoms with E-state index in [0.29, 0.717) is 26.1 Å². The number of carbonyl (C=O) groups is 1. The van der Waals surface area contributed by atoms with E-state index in [9.17, 15) is 18.0 Å². The number of amides is 1. The minimum Gasteiger partial charge on any atom is -0.368 e. The van der Waals surface area contributed by atoms with Crippen LogP contribution in [0.5, 0.6) is 0 Å². The average Bonchev–Trinajstić information content (AvgIpc) is 2.82. The zero-order chi connectivity index (χ0) is 16.3. The van der Waals surface area contributed by atoms with Crippen molar-refractivity contribution in [1.82, 2.24) is 15.1 Å². The second-order valence-corrected chi connectivity index (χ2v) is 5.57. The van der Waals surface area contributed by atoms with Crippen molar-refractivity contribution in [2.45, 2.75) is 12.6 Å². The summed E-state index contributed by atoms with van der Waals surface area (Å²) in [6.07, 6.45) is -3.56. The van der Waals surface area contributed by atoms with Gasteiger partial charge in [0, 0.05) is 13.1 Å². The number of primary amides is 1.